The molecule has 0 saturated carbocycles. The number of rotatable bonds is 4. The fraction of sp³-hybridized carbons (Fsp3) is 0.571. The van der Waals surface area contributed by atoms with E-state index >= 15 is 0 Å². The molecular formula is C14H19NO4. The highest BCUT2D eigenvalue weighted by Crippen LogP contribution is 2.25. The monoisotopic (exact) mass is 265 g/mol. The standard InChI is InChI=1S/C14H19NO4/c1-3-10-4-5-15(7-10)14(18)13-9(2)8-19-11(13)6-12(16)17/h8,10H,3-7H2,1-2H3,(H,16,17). The first-order valence-electron chi connectivity index (χ1n) is 6.61. The number of aryl methyl sites for hydroxylation is 1. The van der Waals surface area contributed by atoms with Crippen LogP contribution in [-0.2, 0) is 11.2 Å². The molecule has 1 aromatic heterocycles. The molecule has 5 nitrogen and oxygen atoms in total. The third-order valence-electron chi connectivity index (χ3n) is 3.73. The number of likely N-dealkylation sites (tertiary alicyclic amines) is 1. The molecule has 0 radical (unpaired) electrons. The van der Waals surface area contributed by atoms with E-state index in [9.17, 15) is 9.59 Å². The normalized spacial score (nSPS) is 18.8. The van der Waals surface area contributed by atoms with E-state index in [4.69, 9.17) is 9.52 Å². The van der Waals surface area contributed by atoms with Crippen LogP contribution in [0.5, 0.6) is 0 Å². The molecule has 1 aromatic rings. The smallest absolute Gasteiger partial charge is 0.311 e. The number of aliphatic carboxylic acids is 1. The average molecular weight is 265 g/mol. The van der Waals surface area contributed by atoms with E-state index in [1.54, 1.807) is 11.8 Å². The summed E-state index contributed by atoms with van der Waals surface area (Å²) in [6, 6.07) is 0. The molecule has 1 saturated heterocycles. The second-order valence-corrected chi connectivity index (χ2v) is 5.10. The Balaban J connectivity index is 2.19. The summed E-state index contributed by atoms with van der Waals surface area (Å²) < 4.78 is 5.21. The molecule has 19 heavy (non-hydrogen) atoms. The summed E-state index contributed by atoms with van der Waals surface area (Å²) >= 11 is 0. The quantitative estimate of drug-likeness (QED) is 0.904. The molecular weight excluding hydrogens is 246 g/mol. The summed E-state index contributed by atoms with van der Waals surface area (Å²) in [4.78, 5) is 25.1. The zero-order chi connectivity index (χ0) is 14.0. The third-order valence-corrected chi connectivity index (χ3v) is 3.73. The van der Waals surface area contributed by atoms with Crippen LogP contribution in [0.15, 0.2) is 10.7 Å². The van der Waals surface area contributed by atoms with Gasteiger partial charge in [-0.15, -0.1) is 0 Å². The Kier molecular flexibility index (Phi) is 3.93. The van der Waals surface area contributed by atoms with Gasteiger partial charge >= 0.3 is 5.97 Å². The highest BCUT2D eigenvalue weighted by Gasteiger charge is 2.29. The van der Waals surface area contributed by atoms with Crippen LogP contribution in [0.25, 0.3) is 0 Å². The zero-order valence-electron chi connectivity index (χ0n) is 11.3. The van der Waals surface area contributed by atoms with E-state index in [-0.39, 0.29) is 18.1 Å². The SMILES string of the molecule is CCC1CCN(C(=O)c2c(C)coc2CC(=O)O)C1. The van der Waals surface area contributed by atoms with E-state index in [0.29, 0.717) is 17.0 Å². The van der Waals surface area contributed by atoms with Crippen molar-refractivity contribution < 1.29 is 19.1 Å². The van der Waals surface area contributed by atoms with Crippen molar-refractivity contribution in [3.05, 3.63) is 23.2 Å². The third kappa shape index (κ3) is 2.80. The maximum atomic E-state index is 12.5. The summed E-state index contributed by atoms with van der Waals surface area (Å²) in [6.07, 6.45) is 3.29. The van der Waals surface area contributed by atoms with Crippen molar-refractivity contribution in [2.45, 2.75) is 33.1 Å². The van der Waals surface area contributed by atoms with Gasteiger partial charge in [-0.25, -0.2) is 0 Å². The molecule has 1 amide bonds. The van der Waals surface area contributed by atoms with Crippen molar-refractivity contribution in [1.29, 1.82) is 0 Å². The lowest BCUT2D eigenvalue weighted by molar-refractivity contribution is -0.136. The molecule has 1 N–H and O–H groups in total. The topological polar surface area (TPSA) is 70.8 Å². The summed E-state index contributed by atoms with van der Waals surface area (Å²) in [5, 5.41) is 8.84. The summed E-state index contributed by atoms with van der Waals surface area (Å²) in [6.45, 7) is 5.40. The predicted molar refractivity (Wildman–Crippen MR) is 69.1 cm³/mol. The fourth-order valence-electron chi connectivity index (χ4n) is 2.56. The van der Waals surface area contributed by atoms with Gasteiger partial charge in [0.05, 0.1) is 11.8 Å². The van der Waals surface area contributed by atoms with Gasteiger partial charge in [-0.05, 0) is 19.3 Å². The van der Waals surface area contributed by atoms with Gasteiger partial charge in [0, 0.05) is 18.7 Å². The van der Waals surface area contributed by atoms with E-state index in [1.807, 2.05) is 0 Å². The first-order valence-corrected chi connectivity index (χ1v) is 6.61. The summed E-state index contributed by atoms with van der Waals surface area (Å²) in [5.74, 6) is -0.274. The molecule has 1 aliphatic heterocycles. The van der Waals surface area contributed by atoms with Gasteiger partial charge in [0.15, 0.2) is 0 Å². The van der Waals surface area contributed by atoms with Crippen molar-refractivity contribution in [3.63, 3.8) is 0 Å². The van der Waals surface area contributed by atoms with Crippen LogP contribution in [0.1, 0.15) is 41.4 Å². The number of carbonyl (C=O) groups is 2. The maximum Gasteiger partial charge on any atom is 0.311 e. The van der Waals surface area contributed by atoms with E-state index < -0.39 is 5.97 Å². The van der Waals surface area contributed by atoms with Gasteiger partial charge in [0.1, 0.15) is 12.2 Å². The highest BCUT2D eigenvalue weighted by atomic mass is 16.4. The Morgan fingerprint density at radius 1 is 1.53 bits per heavy atom. The molecule has 5 heteroatoms. The van der Waals surface area contributed by atoms with Crippen LogP contribution in [0.4, 0.5) is 0 Å². The first kappa shape index (κ1) is 13.6. The van der Waals surface area contributed by atoms with Gasteiger partial charge in [-0.2, -0.15) is 0 Å². The lowest BCUT2D eigenvalue weighted by Crippen LogP contribution is -2.29. The largest absolute Gasteiger partial charge is 0.481 e. The lowest BCUT2D eigenvalue weighted by atomic mass is 10.1. The van der Waals surface area contributed by atoms with Crippen LogP contribution in [0, 0.1) is 12.8 Å². The van der Waals surface area contributed by atoms with Crippen molar-refractivity contribution in [1.82, 2.24) is 4.90 Å². The fourth-order valence-corrected chi connectivity index (χ4v) is 2.56. The molecule has 2 heterocycles. The molecule has 1 unspecified atom stereocenters. The molecule has 2 rings (SSSR count). The van der Waals surface area contributed by atoms with Gasteiger partial charge in [0.2, 0.25) is 0 Å². The lowest BCUT2D eigenvalue weighted by Gasteiger charge is -2.16. The maximum absolute atomic E-state index is 12.5. The van der Waals surface area contributed by atoms with Gasteiger partial charge in [0.25, 0.3) is 5.91 Å². The number of hydrogen-bond donors (Lipinski definition) is 1. The molecule has 1 atom stereocenters. The van der Waals surface area contributed by atoms with Crippen LogP contribution in [0.2, 0.25) is 0 Å². The van der Waals surface area contributed by atoms with Gasteiger partial charge in [-0.3, -0.25) is 9.59 Å². The highest BCUT2D eigenvalue weighted by molar-refractivity contribution is 5.97. The molecule has 0 spiro atoms. The second-order valence-electron chi connectivity index (χ2n) is 5.10. The predicted octanol–water partition coefficient (Wildman–Crippen LogP) is 2.09. The molecule has 0 aliphatic carbocycles. The van der Waals surface area contributed by atoms with Gasteiger partial charge in [-0.1, -0.05) is 13.3 Å². The zero-order valence-corrected chi connectivity index (χ0v) is 11.3. The van der Waals surface area contributed by atoms with Crippen LogP contribution >= 0.6 is 0 Å². The Morgan fingerprint density at radius 2 is 2.26 bits per heavy atom. The molecule has 1 fully saturated rings. The average Bonchev–Trinajstić information content (AvgIpc) is 2.95. The number of amides is 1. The minimum absolute atomic E-state index is 0.0987. The Hall–Kier alpha value is -1.78. The van der Waals surface area contributed by atoms with Crippen molar-refractivity contribution in [3.8, 4) is 0 Å². The molecule has 1 aliphatic rings. The Morgan fingerprint density at radius 3 is 2.84 bits per heavy atom. The minimum atomic E-state index is -0.990. The number of furan rings is 1. The van der Waals surface area contributed by atoms with Crippen molar-refractivity contribution >= 4 is 11.9 Å². The number of carbonyl (C=O) groups excluding carboxylic acids is 1. The number of carboxylic acid groups (broad SMARTS) is 1. The number of carboxylic acids is 1. The first-order chi connectivity index (χ1) is 9.02. The van der Waals surface area contributed by atoms with Crippen molar-refractivity contribution in [2.75, 3.05) is 13.1 Å². The van der Waals surface area contributed by atoms with Crippen LogP contribution < -0.4 is 0 Å². The molecule has 104 valence electrons. The summed E-state index contributed by atoms with van der Waals surface area (Å²) in [7, 11) is 0. The van der Waals surface area contributed by atoms with Crippen LogP contribution in [-0.4, -0.2) is 35.0 Å². The second kappa shape index (κ2) is 5.47. The Labute approximate surface area is 112 Å². The molecule has 0 aromatic carbocycles. The van der Waals surface area contributed by atoms with Gasteiger partial charge < -0.3 is 14.4 Å². The van der Waals surface area contributed by atoms with Crippen molar-refractivity contribution in [2.24, 2.45) is 5.92 Å². The Bertz CT molecular complexity index is 492. The van der Waals surface area contributed by atoms with E-state index in [0.717, 1.165) is 25.9 Å². The minimum Gasteiger partial charge on any atom is -0.481 e. The number of hydrogen-bond acceptors (Lipinski definition) is 3. The van der Waals surface area contributed by atoms with E-state index in [2.05, 4.69) is 6.92 Å². The van der Waals surface area contributed by atoms with E-state index in [1.165, 1.54) is 6.26 Å². The van der Waals surface area contributed by atoms with Crippen LogP contribution in [0.3, 0.4) is 0 Å². The molecule has 0 bridgehead atoms. The number of nitrogens with zero attached hydrogens (tertiary/aromatic N) is 1. The summed E-state index contributed by atoms with van der Waals surface area (Å²) in [5.41, 5.74) is 1.14.